The van der Waals surface area contributed by atoms with Gasteiger partial charge in [0.25, 0.3) is 0 Å². The van der Waals surface area contributed by atoms with Crippen molar-refractivity contribution in [3.05, 3.63) is 46.3 Å². The van der Waals surface area contributed by atoms with Crippen molar-refractivity contribution in [3.63, 3.8) is 0 Å². The maximum Gasteiger partial charge on any atom is 0.219 e. The number of aryl methyl sites for hydroxylation is 1. The molecule has 1 heterocycles. The van der Waals surface area contributed by atoms with Crippen LogP contribution in [0.5, 0.6) is 11.6 Å². The van der Waals surface area contributed by atoms with Crippen molar-refractivity contribution in [2.24, 2.45) is 0 Å². The quantitative estimate of drug-likeness (QED) is 0.920. The van der Waals surface area contributed by atoms with Crippen LogP contribution in [0.15, 0.2) is 34.8 Å². The van der Waals surface area contributed by atoms with Crippen LogP contribution in [-0.2, 0) is 0 Å². The van der Waals surface area contributed by atoms with E-state index in [1.54, 1.807) is 25.1 Å². The van der Waals surface area contributed by atoms with E-state index < -0.39 is 0 Å². The average Bonchev–Trinajstić information content (AvgIpc) is 2.22. The summed E-state index contributed by atoms with van der Waals surface area (Å²) in [5.41, 5.74) is 6.92. The predicted molar refractivity (Wildman–Crippen MR) is 67.6 cm³/mol. The van der Waals surface area contributed by atoms with Gasteiger partial charge in [0.2, 0.25) is 5.88 Å². The first kappa shape index (κ1) is 11.9. The zero-order valence-corrected chi connectivity index (χ0v) is 10.7. The fraction of sp³-hybridized carbons (Fsp3) is 0.0833. The van der Waals surface area contributed by atoms with E-state index in [0.29, 0.717) is 27.5 Å². The smallest absolute Gasteiger partial charge is 0.219 e. The van der Waals surface area contributed by atoms with Crippen LogP contribution < -0.4 is 10.5 Å². The Balaban J connectivity index is 2.28. The van der Waals surface area contributed by atoms with E-state index in [1.165, 1.54) is 12.1 Å². The molecule has 0 aliphatic heterocycles. The topological polar surface area (TPSA) is 48.1 Å². The Hall–Kier alpha value is -1.62. The molecule has 88 valence electrons. The van der Waals surface area contributed by atoms with Crippen LogP contribution in [0.25, 0.3) is 0 Å². The lowest BCUT2D eigenvalue weighted by Gasteiger charge is -2.07. The van der Waals surface area contributed by atoms with E-state index in [9.17, 15) is 4.39 Å². The molecule has 0 radical (unpaired) electrons. The lowest BCUT2D eigenvalue weighted by molar-refractivity contribution is 0.456. The Morgan fingerprint density at radius 1 is 1.29 bits per heavy atom. The van der Waals surface area contributed by atoms with E-state index >= 15 is 0 Å². The molecule has 2 N–H and O–H groups in total. The fourth-order valence-electron chi connectivity index (χ4n) is 1.31. The van der Waals surface area contributed by atoms with Crippen molar-refractivity contribution >= 4 is 21.6 Å². The number of nitrogens with zero attached hydrogens (tertiary/aromatic N) is 1. The molecule has 0 unspecified atom stereocenters. The van der Waals surface area contributed by atoms with Crippen LogP contribution in [-0.4, -0.2) is 4.98 Å². The van der Waals surface area contributed by atoms with Gasteiger partial charge in [-0.2, -0.15) is 0 Å². The molecule has 0 fully saturated rings. The molecule has 5 heteroatoms. The van der Waals surface area contributed by atoms with E-state index in [4.69, 9.17) is 10.5 Å². The van der Waals surface area contributed by atoms with Gasteiger partial charge < -0.3 is 10.5 Å². The van der Waals surface area contributed by atoms with Gasteiger partial charge in [0.05, 0.1) is 11.4 Å². The monoisotopic (exact) mass is 296 g/mol. The van der Waals surface area contributed by atoms with E-state index in [0.717, 1.165) is 0 Å². The predicted octanol–water partition coefficient (Wildman–Crippen LogP) is 3.67. The molecular formula is C12H10BrFN2O. The number of aromatic nitrogens is 1. The summed E-state index contributed by atoms with van der Waals surface area (Å²) in [5.74, 6) is 0.393. The van der Waals surface area contributed by atoms with Gasteiger partial charge in [-0.15, -0.1) is 0 Å². The molecule has 0 bridgehead atoms. The number of hydrogen-bond donors (Lipinski definition) is 1. The molecule has 0 atom stereocenters. The van der Waals surface area contributed by atoms with Gasteiger partial charge >= 0.3 is 0 Å². The van der Waals surface area contributed by atoms with Crippen molar-refractivity contribution in [1.82, 2.24) is 4.98 Å². The minimum absolute atomic E-state index is 0.374. The second kappa shape index (κ2) is 4.71. The van der Waals surface area contributed by atoms with Gasteiger partial charge in [-0.3, -0.25) is 0 Å². The number of halogens is 2. The molecule has 0 aliphatic carbocycles. The molecule has 3 nitrogen and oxygen atoms in total. The van der Waals surface area contributed by atoms with Crippen LogP contribution in [0.3, 0.4) is 0 Å². The number of pyridine rings is 1. The molecule has 0 spiro atoms. The number of ether oxygens (including phenoxy) is 1. The van der Waals surface area contributed by atoms with Gasteiger partial charge in [-0.05, 0) is 25.1 Å². The summed E-state index contributed by atoms with van der Waals surface area (Å²) in [7, 11) is 0. The summed E-state index contributed by atoms with van der Waals surface area (Å²) in [6, 6.07) is 7.65. The third-order valence-corrected chi connectivity index (χ3v) is 2.62. The number of nitrogen functional groups attached to an aromatic ring is 1. The average molecular weight is 297 g/mol. The third-order valence-electron chi connectivity index (χ3n) is 2.16. The summed E-state index contributed by atoms with van der Waals surface area (Å²) in [5, 5.41) is 0. The van der Waals surface area contributed by atoms with Crippen molar-refractivity contribution < 1.29 is 9.13 Å². The van der Waals surface area contributed by atoms with E-state index in [-0.39, 0.29) is 5.82 Å². The highest BCUT2D eigenvalue weighted by atomic mass is 79.9. The first-order valence-corrected chi connectivity index (χ1v) is 5.71. The minimum Gasteiger partial charge on any atom is -0.439 e. The molecule has 17 heavy (non-hydrogen) atoms. The number of hydrogen-bond acceptors (Lipinski definition) is 3. The van der Waals surface area contributed by atoms with Crippen molar-refractivity contribution in [2.75, 3.05) is 5.73 Å². The highest BCUT2D eigenvalue weighted by molar-refractivity contribution is 9.10. The van der Waals surface area contributed by atoms with Crippen molar-refractivity contribution in [3.8, 4) is 11.6 Å². The molecule has 2 aromatic rings. The zero-order valence-electron chi connectivity index (χ0n) is 9.08. The summed E-state index contributed by atoms with van der Waals surface area (Å²) >= 11 is 3.19. The van der Waals surface area contributed by atoms with Crippen LogP contribution in [0, 0.1) is 12.7 Å². The van der Waals surface area contributed by atoms with Gasteiger partial charge in [-0.1, -0.05) is 15.9 Å². The summed E-state index contributed by atoms with van der Waals surface area (Å²) in [6.07, 6.45) is 0. The van der Waals surface area contributed by atoms with Crippen LogP contribution >= 0.6 is 15.9 Å². The molecule has 1 aromatic carbocycles. The molecule has 1 aromatic heterocycles. The van der Waals surface area contributed by atoms with Gasteiger partial charge in [-0.25, -0.2) is 9.37 Å². The molecule has 0 saturated carbocycles. The standard InChI is InChI=1S/C12H10BrFN2O/c1-7-11(15)2-3-12(16-7)17-10-5-8(13)4-9(14)6-10/h2-6H,15H2,1H3. The SMILES string of the molecule is Cc1nc(Oc2cc(F)cc(Br)c2)ccc1N. The highest BCUT2D eigenvalue weighted by Gasteiger charge is 2.04. The summed E-state index contributed by atoms with van der Waals surface area (Å²) in [4.78, 5) is 4.14. The Bertz CT molecular complexity index is 540. The Labute approximate surface area is 107 Å². The highest BCUT2D eigenvalue weighted by Crippen LogP contribution is 2.25. The summed E-state index contributed by atoms with van der Waals surface area (Å²) < 4.78 is 19.2. The van der Waals surface area contributed by atoms with E-state index in [1.807, 2.05) is 0 Å². The third kappa shape index (κ3) is 2.94. The Kier molecular flexibility index (Phi) is 3.28. The fourth-order valence-corrected chi connectivity index (χ4v) is 1.76. The number of benzene rings is 1. The largest absolute Gasteiger partial charge is 0.439 e. The molecule has 0 amide bonds. The molecular weight excluding hydrogens is 287 g/mol. The van der Waals surface area contributed by atoms with Crippen molar-refractivity contribution in [2.45, 2.75) is 6.92 Å². The van der Waals surface area contributed by atoms with Crippen molar-refractivity contribution in [1.29, 1.82) is 0 Å². The second-order valence-electron chi connectivity index (χ2n) is 3.53. The number of anilines is 1. The molecule has 0 saturated heterocycles. The minimum atomic E-state index is -0.374. The Morgan fingerprint density at radius 3 is 2.71 bits per heavy atom. The van der Waals surface area contributed by atoms with Gasteiger partial charge in [0.15, 0.2) is 0 Å². The van der Waals surface area contributed by atoms with Gasteiger partial charge in [0.1, 0.15) is 11.6 Å². The number of nitrogens with two attached hydrogens (primary N) is 1. The first-order chi connectivity index (χ1) is 8.04. The van der Waals surface area contributed by atoms with Crippen LogP contribution in [0.2, 0.25) is 0 Å². The van der Waals surface area contributed by atoms with Crippen LogP contribution in [0.4, 0.5) is 10.1 Å². The first-order valence-electron chi connectivity index (χ1n) is 4.91. The lowest BCUT2D eigenvalue weighted by Crippen LogP contribution is -1.95. The lowest BCUT2D eigenvalue weighted by atomic mass is 10.3. The van der Waals surface area contributed by atoms with Crippen LogP contribution in [0.1, 0.15) is 5.69 Å². The number of rotatable bonds is 2. The summed E-state index contributed by atoms with van der Waals surface area (Å²) in [6.45, 7) is 1.78. The molecule has 2 rings (SSSR count). The zero-order chi connectivity index (χ0) is 12.4. The maximum absolute atomic E-state index is 13.1. The molecule has 0 aliphatic rings. The maximum atomic E-state index is 13.1. The Morgan fingerprint density at radius 2 is 2.06 bits per heavy atom. The van der Waals surface area contributed by atoms with E-state index in [2.05, 4.69) is 20.9 Å². The van der Waals surface area contributed by atoms with Gasteiger partial charge in [0, 0.05) is 16.6 Å². The normalized spacial score (nSPS) is 10.3. The second-order valence-corrected chi connectivity index (χ2v) is 4.45.